The first kappa shape index (κ1) is 15.9. The molecule has 0 amide bonds. The van der Waals surface area contributed by atoms with E-state index in [0.717, 1.165) is 12.8 Å². The van der Waals surface area contributed by atoms with Crippen LogP contribution in [-0.4, -0.2) is 40.5 Å². The van der Waals surface area contributed by atoms with Gasteiger partial charge in [0.2, 0.25) is 10.0 Å². The van der Waals surface area contributed by atoms with Crippen LogP contribution in [0, 0.1) is 11.8 Å². The molecule has 0 spiro atoms. The van der Waals surface area contributed by atoms with Crippen molar-refractivity contribution in [2.24, 2.45) is 17.6 Å². The SMILES string of the molecule is CCOCCS(=O)(=O)NCC1CCCCC1CN. The Labute approximate surface area is 111 Å². The fraction of sp³-hybridized carbons (Fsp3) is 1.00. The lowest BCUT2D eigenvalue weighted by Crippen LogP contribution is -2.38. The second-order valence-electron chi connectivity index (χ2n) is 4.90. The van der Waals surface area contributed by atoms with Gasteiger partial charge in [-0.2, -0.15) is 0 Å². The lowest BCUT2D eigenvalue weighted by Gasteiger charge is -2.30. The molecule has 1 aliphatic rings. The predicted molar refractivity (Wildman–Crippen MR) is 72.8 cm³/mol. The van der Waals surface area contributed by atoms with E-state index in [1.54, 1.807) is 0 Å². The highest BCUT2D eigenvalue weighted by atomic mass is 32.2. The van der Waals surface area contributed by atoms with Crippen LogP contribution in [0.15, 0.2) is 0 Å². The van der Waals surface area contributed by atoms with E-state index in [2.05, 4.69) is 4.72 Å². The van der Waals surface area contributed by atoms with Gasteiger partial charge < -0.3 is 10.5 Å². The second-order valence-corrected chi connectivity index (χ2v) is 6.83. The van der Waals surface area contributed by atoms with Crippen molar-refractivity contribution in [2.45, 2.75) is 32.6 Å². The minimum Gasteiger partial charge on any atom is -0.381 e. The molecule has 6 heteroatoms. The summed E-state index contributed by atoms with van der Waals surface area (Å²) in [4.78, 5) is 0. The molecule has 1 fully saturated rings. The molecule has 0 heterocycles. The summed E-state index contributed by atoms with van der Waals surface area (Å²) >= 11 is 0. The van der Waals surface area contributed by atoms with Gasteiger partial charge >= 0.3 is 0 Å². The fourth-order valence-corrected chi connectivity index (χ4v) is 3.43. The Bertz CT molecular complexity index is 319. The molecule has 0 bridgehead atoms. The van der Waals surface area contributed by atoms with E-state index in [9.17, 15) is 8.42 Å². The lowest BCUT2D eigenvalue weighted by molar-refractivity contribution is 0.163. The fourth-order valence-electron chi connectivity index (χ4n) is 2.48. The third kappa shape index (κ3) is 5.65. The number of rotatable bonds is 8. The highest BCUT2D eigenvalue weighted by molar-refractivity contribution is 7.89. The molecule has 2 atom stereocenters. The smallest absolute Gasteiger partial charge is 0.213 e. The molecule has 1 aliphatic carbocycles. The van der Waals surface area contributed by atoms with E-state index in [-0.39, 0.29) is 12.4 Å². The number of ether oxygens (including phenoxy) is 1. The Morgan fingerprint density at radius 3 is 2.56 bits per heavy atom. The third-order valence-corrected chi connectivity index (χ3v) is 4.95. The van der Waals surface area contributed by atoms with Crippen LogP contribution in [0.1, 0.15) is 32.6 Å². The summed E-state index contributed by atoms with van der Waals surface area (Å²) in [5.74, 6) is 0.903. The minimum absolute atomic E-state index is 0.0425. The van der Waals surface area contributed by atoms with Gasteiger partial charge in [0, 0.05) is 13.2 Å². The normalized spacial score (nSPS) is 25.2. The van der Waals surface area contributed by atoms with E-state index >= 15 is 0 Å². The molecule has 3 N–H and O–H groups in total. The summed E-state index contributed by atoms with van der Waals surface area (Å²) in [6.07, 6.45) is 4.61. The Morgan fingerprint density at radius 2 is 1.94 bits per heavy atom. The van der Waals surface area contributed by atoms with Crippen molar-refractivity contribution in [2.75, 3.05) is 32.1 Å². The van der Waals surface area contributed by atoms with Crippen molar-refractivity contribution in [3.05, 3.63) is 0 Å². The molecule has 1 rings (SSSR count). The molecule has 2 unspecified atom stereocenters. The van der Waals surface area contributed by atoms with Crippen molar-refractivity contribution in [1.29, 1.82) is 0 Å². The number of sulfonamides is 1. The quantitative estimate of drug-likeness (QED) is 0.641. The first-order valence-electron chi connectivity index (χ1n) is 6.84. The highest BCUT2D eigenvalue weighted by Gasteiger charge is 2.25. The van der Waals surface area contributed by atoms with Gasteiger partial charge in [-0.15, -0.1) is 0 Å². The number of nitrogens with one attached hydrogen (secondary N) is 1. The van der Waals surface area contributed by atoms with Gasteiger partial charge in [0.05, 0.1) is 12.4 Å². The maximum atomic E-state index is 11.7. The van der Waals surface area contributed by atoms with Crippen LogP contribution in [-0.2, 0) is 14.8 Å². The molecule has 108 valence electrons. The Balaban J connectivity index is 2.33. The summed E-state index contributed by atoms with van der Waals surface area (Å²) in [5.41, 5.74) is 5.73. The zero-order valence-electron chi connectivity index (χ0n) is 11.2. The minimum atomic E-state index is -3.20. The van der Waals surface area contributed by atoms with E-state index in [4.69, 9.17) is 10.5 Å². The first-order chi connectivity index (χ1) is 8.59. The molecule has 5 nitrogen and oxygen atoms in total. The van der Waals surface area contributed by atoms with Crippen LogP contribution in [0.3, 0.4) is 0 Å². The summed E-state index contributed by atoms with van der Waals surface area (Å²) in [7, 11) is -3.20. The molecular weight excluding hydrogens is 252 g/mol. The standard InChI is InChI=1S/C12H26N2O3S/c1-2-17-7-8-18(15,16)14-10-12-6-4-3-5-11(12)9-13/h11-12,14H,2-10,13H2,1H3. The third-order valence-electron chi connectivity index (χ3n) is 3.64. The predicted octanol–water partition coefficient (Wildman–Crippen LogP) is 0.707. The van der Waals surface area contributed by atoms with Gasteiger partial charge in [0.1, 0.15) is 0 Å². The largest absolute Gasteiger partial charge is 0.381 e. The van der Waals surface area contributed by atoms with Crippen LogP contribution in [0.4, 0.5) is 0 Å². The van der Waals surface area contributed by atoms with Gasteiger partial charge in [-0.25, -0.2) is 13.1 Å². The average Bonchev–Trinajstić information content (AvgIpc) is 2.37. The Kier molecular flexibility index (Phi) is 7.14. The second kappa shape index (κ2) is 8.09. The molecule has 0 aromatic carbocycles. The lowest BCUT2D eigenvalue weighted by atomic mass is 9.79. The van der Waals surface area contributed by atoms with Crippen LogP contribution in [0.5, 0.6) is 0 Å². The van der Waals surface area contributed by atoms with Gasteiger partial charge in [-0.3, -0.25) is 0 Å². The van der Waals surface area contributed by atoms with E-state index < -0.39 is 10.0 Å². The highest BCUT2D eigenvalue weighted by Crippen LogP contribution is 2.28. The van der Waals surface area contributed by atoms with Crippen molar-refractivity contribution >= 4 is 10.0 Å². The van der Waals surface area contributed by atoms with E-state index in [1.165, 1.54) is 12.8 Å². The van der Waals surface area contributed by atoms with Crippen LogP contribution in [0.2, 0.25) is 0 Å². The zero-order chi connectivity index (χ0) is 13.4. The van der Waals surface area contributed by atoms with Crippen molar-refractivity contribution in [3.63, 3.8) is 0 Å². The van der Waals surface area contributed by atoms with Gasteiger partial charge in [-0.1, -0.05) is 12.8 Å². The first-order valence-corrected chi connectivity index (χ1v) is 8.49. The van der Waals surface area contributed by atoms with Crippen molar-refractivity contribution < 1.29 is 13.2 Å². The van der Waals surface area contributed by atoms with Gasteiger partial charge in [-0.05, 0) is 38.1 Å². The molecule has 0 saturated heterocycles. The zero-order valence-corrected chi connectivity index (χ0v) is 12.0. The summed E-state index contributed by atoms with van der Waals surface area (Å²) < 4.78 is 31.2. The van der Waals surface area contributed by atoms with Crippen LogP contribution < -0.4 is 10.5 Å². The van der Waals surface area contributed by atoms with Crippen LogP contribution in [0.25, 0.3) is 0 Å². The van der Waals surface area contributed by atoms with Gasteiger partial charge in [0.25, 0.3) is 0 Å². The molecule has 0 aromatic heterocycles. The molecule has 0 aromatic rings. The number of hydrogen-bond acceptors (Lipinski definition) is 4. The number of nitrogens with two attached hydrogens (primary N) is 1. The van der Waals surface area contributed by atoms with Crippen molar-refractivity contribution in [1.82, 2.24) is 4.72 Å². The molecular formula is C12H26N2O3S. The average molecular weight is 278 g/mol. The molecule has 18 heavy (non-hydrogen) atoms. The summed E-state index contributed by atoms with van der Waals surface area (Å²) in [6, 6.07) is 0. The van der Waals surface area contributed by atoms with E-state index in [0.29, 0.717) is 31.5 Å². The van der Waals surface area contributed by atoms with E-state index in [1.807, 2.05) is 6.92 Å². The maximum absolute atomic E-state index is 11.7. The Hall–Kier alpha value is -0.170. The Morgan fingerprint density at radius 1 is 1.28 bits per heavy atom. The van der Waals surface area contributed by atoms with Crippen LogP contribution >= 0.6 is 0 Å². The summed E-state index contributed by atoms with van der Waals surface area (Å²) in [5, 5.41) is 0. The van der Waals surface area contributed by atoms with Gasteiger partial charge in [0.15, 0.2) is 0 Å². The molecule has 0 aliphatic heterocycles. The number of hydrogen-bond donors (Lipinski definition) is 2. The monoisotopic (exact) mass is 278 g/mol. The molecule has 1 saturated carbocycles. The molecule has 0 radical (unpaired) electrons. The van der Waals surface area contributed by atoms with Crippen molar-refractivity contribution in [3.8, 4) is 0 Å². The topological polar surface area (TPSA) is 81.4 Å². The summed E-state index contributed by atoms with van der Waals surface area (Å²) in [6.45, 7) is 3.85. The maximum Gasteiger partial charge on any atom is 0.213 e.